The van der Waals surface area contributed by atoms with Crippen LogP contribution in [0.15, 0.2) is 78.9 Å². The Kier molecular flexibility index (Phi) is 7.31. The number of hydrogen-bond donors (Lipinski definition) is 1. The fourth-order valence-electron chi connectivity index (χ4n) is 4.58. The summed E-state index contributed by atoms with van der Waals surface area (Å²) in [5.41, 5.74) is 3.06. The number of ether oxygens (including phenoxy) is 1. The second-order valence-corrected chi connectivity index (χ2v) is 9.39. The molecule has 0 aliphatic carbocycles. The highest BCUT2D eigenvalue weighted by atomic mass is 35.5. The number of para-hydroxylation sites is 3. The van der Waals surface area contributed by atoms with Crippen molar-refractivity contribution in [3.8, 4) is 5.75 Å². The lowest BCUT2D eigenvalue weighted by atomic mass is 10.0. The van der Waals surface area contributed by atoms with E-state index in [1.54, 1.807) is 0 Å². The van der Waals surface area contributed by atoms with Crippen molar-refractivity contribution in [2.75, 3.05) is 13.1 Å². The quantitative estimate of drug-likeness (QED) is 0.377. The maximum atomic E-state index is 13.0. The normalized spacial score (nSPS) is 14.8. The van der Waals surface area contributed by atoms with E-state index in [1.807, 2.05) is 71.3 Å². The van der Waals surface area contributed by atoms with E-state index in [1.165, 1.54) is 5.56 Å². The molecular formula is C28H29ClN4O2. The number of likely N-dealkylation sites (tertiary alicyclic amines) is 1. The van der Waals surface area contributed by atoms with Crippen molar-refractivity contribution in [2.24, 2.45) is 0 Å². The molecule has 6 nitrogen and oxygen atoms in total. The topological polar surface area (TPSA) is 59.4 Å². The van der Waals surface area contributed by atoms with Crippen molar-refractivity contribution in [1.82, 2.24) is 19.8 Å². The Morgan fingerprint density at radius 1 is 0.971 bits per heavy atom. The summed E-state index contributed by atoms with van der Waals surface area (Å²) in [6.07, 6.45) is 1.88. The van der Waals surface area contributed by atoms with Gasteiger partial charge in [0.15, 0.2) is 0 Å². The summed E-state index contributed by atoms with van der Waals surface area (Å²) in [7, 11) is 0. The minimum absolute atomic E-state index is 0.00488. The maximum absolute atomic E-state index is 13.0. The van der Waals surface area contributed by atoms with Gasteiger partial charge in [0, 0.05) is 30.7 Å². The van der Waals surface area contributed by atoms with Crippen molar-refractivity contribution >= 4 is 28.5 Å². The third-order valence-corrected chi connectivity index (χ3v) is 6.67. The molecular weight excluding hydrogens is 460 g/mol. The lowest BCUT2D eigenvalue weighted by Crippen LogP contribution is -2.45. The standard InChI is InChI=1S/C28H29ClN4O2/c29-22-12-10-21(11-13-22)18-32-16-14-23(15-17-32)30-28(34)19-33-26-9-5-4-8-25(26)31-27(33)20-35-24-6-2-1-3-7-24/h1-13,23H,14-20H2,(H,30,34). The summed E-state index contributed by atoms with van der Waals surface area (Å²) < 4.78 is 7.89. The molecule has 1 aliphatic heterocycles. The van der Waals surface area contributed by atoms with E-state index in [9.17, 15) is 4.79 Å². The van der Waals surface area contributed by atoms with Gasteiger partial charge < -0.3 is 14.6 Å². The molecule has 4 aromatic rings. The van der Waals surface area contributed by atoms with Gasteiger partial charge in [0.1, 0.15) is 24.7 Å². The van der Waals surface area contributed by atoms with Crippen LogP contribution in [0.1, 0.15) is 24.2 Å². The average Bonchev–Trinajstić information content (AvgIpc) is 3.23. The Morgan fingerprint density at radius 2 is 1.69 bits per heavy atom. The minimum atomic E-state index is 0.00488. The molecule has 0 saturated carbocycles. The number of benzene rings is 3. The first-order valence-corrected chi connectivity index (χ1v) is 12.4. The monoisotopic (exact) mass is 488 g/mol. The molecule has 0 bridgehead atoms. The number of nitrogens with zero attached hydrogens (tertiary/aromatic N) is 3. The van der Waals surface area contributed by atoms with Crippen molar-refractivity contribution in [1.29, 1.82) is 0 Å². The summed E-state index contributed by atoms with van der Waals surface area (Å²) >= 11 is 5.99. The van der Waals surface area contributed by atoms with E-state index < -0.39 is 0 Å². The first-order valence-electron chi connectivity index (χ1n) is 12.0. The van der Waals surface area contributed by atoms with Crippen LogP contribution in [-0.2, 0) is 24.5 Å². The molecule has 3 aromatic carbocycles. The van der Waals surface area contributed by atoms with Crippen LogP contribution in [0.2, 0.25) is 5.02 Å². The zero-order valence-corrected chi connectivity index (χ0v) is 20.3. The van der Waals surface area contributed by atoms with E-state index in [0.717, 1.165) is 60.1 Å². The van der Waals surface area contributed by atoms with Crippen molar-refractivity contribution in [3.05, 3.63) is 95.3 Å². The predicted molar refractivity (Wildman–Crippen MR) is 138 cm³/mol. The number of rotatable bonds is 8. The summed E-state index contributed by atoms with van der Waals surface area (Å²) in [6, 6.07) is 25.7. The van der Waals surface area contributed by atoms with Crippen LogP contribution < -0.4 is 10.1 Å². The van der Waals surface area contributed by atoms with Crippen LogP contribution in [-0.4, -0.2) is 39.5 Å². The molecule has 1 fully saturated rings. The van der Waals surface area contributed by atoms with E-state index in [0.29, 0.717) is 6.61 Å². The fraction of sp³-hybridized carbons (Fsp3) is 0.286. The van der Waals surface area contributed by atoms with Crippen LogP contribution in [0, 0.1) is 0 Å². The van der Waals surface area contributed by atoms with Gasteiger partial charge >= 0.3 is 0 Å². The van der Waals surface area contributed by atoms with Gasteiger partial charge in [-0.3, -0.25) is 9.69 Å². The molecule has 0 unspecified atom stereocenters. The molecule has 0 atom stereocenters. The summed E-state index contributed by atoms with van der Waals surface area (Å²) in [4.78, 5) is 20.2. The van der Waals surface area contributed by atoms with Crippen LogP contribution in [0.3, 0.4) is 0 Å². The highest BCUT2D eigenvalue weighted by Crippen LogP contribution is 2.19. The Labute approximate surface area is 210 Å². The molecule has 35 heavy (non-hydrogen) atoms. The molecule has 1 saturated heterocycles. The van der Waals surface area contributed by atoms with E-state index in [-0.39, 0.29) is 18.5 Å². The minimum Gasteiger partial charge on any atom is -0.486 e. The molecule has 1 amide bonds. The van der Waals surface area contributed by atoms with Crippen LogP contribution in [0.4, 0.5) is 0 Å². The zero-order valence-electron chi connectivity index (χ0n) is 19.6. The molecule has 7 heteroatoms. The number of imidazole rings is 1. The molecule has 1 aliphatic rings. The molecule has 180 valence electrons. The summed E-state index contributed by atoms with van der Waals surface area (Å²) in [5.74, 6) is 1.52. The number of halogens is 1. The Bertz CT molecular complexity index is 1270. The lowest BCUT2D eigenvalue weighted by molar-refractivity contribution is -0.122. The lowest BCUT2D eigenvalue weighted by Gasteiger charge is -2.32. The summed E-state index contributed by atoms with van der Waals surface area (Å²) in [6.45, 7) is 3.34. The van der Waals surface area contributed by atoms with Gasteiger partial charge in [-0.05, 0) is 54.8 Å². The molecule has 1 aromatic heterocycles. The Balaban J connectivity index is 1.18. The van der Waals surface area contributed by atoms with Crippen LogP contribution in [0.5, 0.6) is 5.75 Å². The number of aromatic nitrogens is 2. The number of carbonyl (C=O) groups excluding carboxylic acids is 1. The molecule has 2 heterocycles. The maximum Gasteiger partial charge on any atom is 0.240 e. The molecule has 0 spiro atoms. The van der Waals surface area contributed by atoms with Crippen LogP contribution >= 0.6 is 11.6 Å². The summed E-state index contributed by atoms with van der Waals surface area (Å²) in [5, 5.41) is 4.00. The molecule has 5 rings (SSSR count). The number of piperidine rings is 1. The number of hydrogen-bond acceptors (Lipinski definition) is 4. The van der Waals surface area contributed by atoms with Crippen molar-refractivity contribution in [3.63, 3.8) is 0 Å². The number of carbonyl (C=O) groups is 1. The number of nitrogens with one attached hydrogen (secondary N) is 1. The van der Waals surface area contributed by atoms with Crippen LogP contribution in [0.25, 0.3) is 11.0 Å². The second-order valence-electron chi connectivity index (χ2n) is 8.95. The van der Waals surface area contributed by atoms with Gasteiger partial charge in [-0.25, -0.2) is 4.98 Å². The van der Waals surface area contributed by atoms with Gasteiger partial charge in [-0.1, -0.05) is 54.1 Å². The highest BCUT2D eigenvalue weighted by Gasteiger charge is 2.22. The SMILES string of the molecule is O=C(Cn1c(COc2ccccc2)nc2ccccc21)NC1CCN(Cc2ccc(Cl)cc2)CC1. The molecule has 1 N–H and O–H groups in total. The smallest absolute Gasteiger partial charge is 0.240 e. The second kappa shape index (κ2) is 10.9. The van der Waals surface area contributed by atoms with Gasteiger partial charge in [-0.15, -0.1) is 0 Å². The first kappa shape index (κ1) is 23.4. The van der Waals surface area contributed by atoms with Crippen molar-refractivity contribution < 1.29 is 9.53 Å². The first-order chi connectivity index (χ1) is 17.1. The van der Waals surface area contributed by atoms with Gasteiger partial charge in [-0.2, -0.15) is 0 Å². The van der Waals surface area contributed by atoms with E-state index in [4.69, 9.17) is 21.3 Å². The van der Waals surface area contributed by atoms with E-state index in [2.05, 4.69) is 22.3 Å². The van der Waals surface area contributed by atoms with Crippen molar-refractivity contribution in [2.45, 2.75) is 38.6 Å². The molecule has 0 radical (unpaired) electrons. The third-order valence-electron chi connectivity index (χ3n) is 6.42. The Morgan fingerprint density at radius 3 is 2.46 bits per heavy atom. The van der Waals surface area contributed by atoms with Gasteiger partial charge in [0.25, 0.3) is 0 Å². The number of amides is 1. The average molecular weight is 489 g/mol. The highest BCUT2D eigenvalue weighted by molar-refractivity contribution is 6.30. The Hall–Kier alpha value is -3.35. The van der Waals surface area contributed by atoms with E-state index >= 15 is 0 Å². The predicted octanol–water partition coefficient (Wildman–Crippen LogP) is 5.05. The fourth-order valence-corrected chi connectivity index (χ4v) is 4.70. The number of fused-ring (bicyclic) bond motifs is 1. The largest absolute Gasteiger partial charge is 0.486 e. The van der Waals surface area contributed by atoms with Gasteiger partial charge in [0.2, 0.25) is 5.91 Å². The third kappa shape index (κ3) is 6.02. The van der Waals surface area contributed by atoms with Gasteiger partial charge in [0.05, 0.1) is 11.0 Å². The zero-order chi connectivity index (χ0) is 24.0.